The minimum absolute atomic E-state index is 0.869. The van der Waals surface area contributed by atoms with Gasteiger partial charge in [0.25, 0.3) is 0 Å². The molecule has 0 amide bonds. The maximum atomic E-state index is 6.57. The van der Waals surface area contributed by atoms with Gasteiger partial charge >= 0.3 is 0 Å². The monoisotopic (exact) mass is 666 g/mol. The van der Waals surface area contributed by atoms with Gasteiger partial charge in [0, 0.05) is 38.6 Å². The van der Waals surface area contributed by atoms with Crippen LogP contribution in [0.4, 0.5) is 17.1 Å². The molecule has 0 aliphatic rings. The van der Waals surface area contributed by atoms with E-state index >= 15 is 0 Å². The highest BCUT2D eigenvalue weighted by Crippen LogP contribution is 2.43. The SMILES string of the molecule is Cc1ccc2c(c1)c1ccccc1n2-c1cccc(-c2ccc(N(c3ccc(-c4ccccc4)cc3)c3cccc4c3oc3ccccc34)cc2)c1. The molecule has 0 bridgehead atoms. The number of para-hydroxylation sites is 3. The van der Waals surface area contributed by atoms with Crippen LogP contribution in [-0.2, 0) is 0 Å². The van der Waals surface area contributed by atoms with Gasteiger partial charge in [-0.05, 0) is 95.9 Å². The third-order valence-electron chi connectivity index (χ3n) is 10.2. The van der Waals surface area contributed by atoms with Gasteiger partial charge in [-0.3, -0.25) is 0 Å². The minimum atomic E-state index is 0.869. The third-order valence-corrected chi connectivity index (χ3v) is 10.2. The summed E-state index contributed by atoms with van der Waals surface area (Å²) in [5.41, 5.74) is 14.4. The number of rotatable bonds is 6. The van der Waals surface area contributed by atoms with Crippen LogP contribution in [0, 0.1) is 6.92 Å². The van der Waals surface area contributed by atoms with Gasteiger partial charge in [-0.25, -0.2) is 0 Å². The highest BCUT2D eigenvalue weighted by Gasteiger charge is 2.20. The summed E-state index contributed by atoms with van der Waals surface area (Å²) in [6.07, 6.45) is 0. The first-order valence-electron chi connectivity index (χ1n) is 17.8. The number of benzene rings is 8. The molecule has 246 valence electrons. The molecule has 52 heavy (non-hydrogen) atoms. The average molecular weight is 667 g/mol. The number of aromatic nitrogens is 1. The second kappa shape index (κ2) is 12.2. The molecule has 8 aromatic carbocycles. The maximum Gasteiger partial charge on any atom is 0.159 e. The molecule has 0 atom stereocenters. The Morgan fingerprint density at radius 1 is 0.423 bits per heavy atom. The Morgan fingerprint density at radius 2 is 1.02 bits per heavy atom. The average Bonchev–Trinajstić information content (AvgIpc) is 3.75. The molecule has 0 N–H and O–H groups in total. The quantitative estimate of drug-likeness (QED) is 0.176. The van der Waals surface area contributed by atoms with Crippen LogP contribution in [0.2, 0.25) is 0 Å². The van der Waals surface area contributed by atoms with Crippen LogP contribution in [0.5, 0.6) is 0 Å². The predicted octanol–water partition coefficient (Wildman–Crippen LogP) is 13.8. The Balaban J connectivity index is 1.08. The van der Waals surface area contributed by atoms with Gasteiger partial charge in [0.05, 0.1) is 16.7 Å². The topological polar surface area (TPSA) is 21.3 Å². The van der Waals surface area contributed by atoms with Crippen molar-refractivity contribution in [2.75, 3.05) is 4.90 Å². The summed E-state index contributed by atoms with van der Waals surface area (Å²) in [5.74, 6) is 0. The molecule has 0 fully saturated rings. The Labute approximate surface area is 302 Å². The molecule has 0 saturated carbocycles. The molecule has 0 unspecified atom stereocenters. The van der Waals surface area contributed by atoms with E-state index in [-0.39, 0.29) is 0 Å². The van der Waals surface area contributed by atoms with Gasteiger partial charge in [-0.15, -0.1) is 0 Å². The lowest BCUT2D eigenvalue weighted by molar-refractivity contribution is 0.669. The number of anilines is 3. The number of aryl methyl sites for hydroxylation is 1. The summed E-state index contributed by atoms with van der Waals surface area (Å²) in [5, 5.41) is 4.77. The zero-order chi connectivity index (χ0) is 34.6. The first-order valence-corrected chi connectivity index (χ1v) is 17.8. The van der Waals surface area contributed by atoms with E-state index in [1.165, 1.54) is 44.1 Å². The van der Waals surface area contributed by atoms with Crippen molar-refractivity contribution in [3.63, 3.8) is 0 Å². The molecule has 10 aromatic rings. The summed E-state index contributed by atoms with van der Waals surface area (Å²) < 4.78 is 8.95. The molecular formula is C49H34N2O. The van der Waals surface area contributed by atoms with E-state index in [2.05, 4.69) is 192 Å². The standard InChI is InChI=1S/C49H34N2O/c1-33-21-30-46-44(31-33)41-15-5-7-18-45(41)51(46)40-14-9-13-37(32-40)36-24-28-39(29-25-36)50(38-26-22-35(23-27-38)34-11-3-2-4-12-34)47-19-10-17-43-42-16-6-8-20-48(42)52-49(43)47/h2-32H,1H3. The molecule has 2 heterocycles. The lowest BCUT2D eigenvalue weighted by atomic mass is 10.0. The van der Waals surface area contributed by atoms with Crippen LogP contribution in [-0.4, -0.2) is 4.57 Å². The van der Waals surface area contributed by atoms with Gasteiger partial charge < -0.3 is 13.9 Å². The van der Waals surface area contributed by atoms with Crippen LogP contribution < -0.4 is 4.90 Å². The van der Waals surface area contributed by atoms with Crippen LogP contribution in [0.3, 0.4) is 0 Å². The molecule has 0 aliphatic carbocycles. The van der Waals surface area contributed by atoms with E-state index in [1.807, 2.05) is 12.1 Å². The first-order chi connectivity index (χ1) is 25.7. The Bertz CT molecular complexity index is 2900. The lowest BCUT2D eigenvalue weighted by Crippen LogP contribution is -2.10. The normalized spacial score (nSPS) is 11.6. The van der Waals surface area contributed by atoms with Crippen molar-refractivity contribution in [2.45, 2.75) is 6.92 Å². The number of nitrogens with zero attached hydrogens (tertiary/aromatic N) is 2. The summed E-state index contributed by atoms with van der Waals surface area (Å²) in [4.78, 5) is 2.31. The Kier molecular flexibility index (Phi) is 7.04. The largest absolute Gasteiger partial charge is 0.454 e. The number of hydrogen-bond acceptors (Lipinski definition) is 2. The van der Waals surface area contributed by atoms with Crippen molar-refractivity contribution in [1.29, 1.82) is 0 Å². The van der Waals surface area contributed by atoms with Crippen molar-refractivity contribution >= 4 is 60.8 Å². The summed E-state index contributed by atoms with van der Waals surface area (Å²) in [6, 6.07) is 67.2. The fourth-order valence-electron chi connectivity index (χ4n) is 7.76. The van der Waals surface area contributed by atoms with Gasteiger partial charge in [0.2, 0.25) is 0 Å². The van der Waals surface area contributed by atoms with Crippen LogP contribution in [0.15, 0.2) is 192 Å². The minimum Gasteiger partial charge on any atom is -0.454 e. The summed E-state index contributed by atoms with van der Waals surface area (Å²) in [6.45, 7) is 2.16. The van der Waals surface area contributed by atoms with Gasteiger partial charge in [0.15, 0.2) is 5.58 Å². The molecule has 0 spiro atoms. The second-order valence-electron chi connectivity index (χ2n) is 13.5. The molecular weight excluding hydrogens is 633 g/mol. The van der Waals surface area contributed by atoms with Crippen LogP contribution >= 0.6 is 0 Å². The fourth-order valence-corrected chi connectivity index (χ4v) is 7.76. The van der Waals surface area contributed by atoms with E-state index in [0.717, 1.165) is 50.3 Å². The highest BCUT2D eigenvalue weighted by molar-refractivity contribution is 6.11. The zero-order valence-corrected chi connectivity index (χ0v) is 28.7. The predicted molar refractivity (Wildman–Crippen MR) is 218 cm³/mol. The number of hydrogen-bond donors (Lipinski definition) is 0. The fraction of sp³-hybridized carbons (Fsp3) is 0.0204. The van der Waals surface area contributed by atoms with Crippen molar-refractivity contribution < 1.29 is 4.42 Å². The number of fused-ring (bicyclic) bond motifs is 6. The molecule has 0 radical (unpaired) electrons. The van der Waals surface area contributed by atoms with Crippen molar-refractivity contribution in [3.05, 3.63) is 194 Å². The smallest absolute Gasteiger partial charge is 0.159 e. The molecule has 10 rings (SSSR count). The third kappa shape index (κ3) is 4.98. The second-order valence-corrected chi connectivity index (χ2v) is 13.5. The molecule has 0 saturated heterocycles. The summed E-state index contributed by atoms with van der Waals surface area (Å²) >= 11 is 0. The highest BCUT2D eigenvalue weighted by atomic mass is 16.3. The molecule has 0 aliphatic heterocycles. The van der Waals surface area contributed by atoms with Crippen molar-refractivity contribution in [3.8, 4) is 27.9 Å². The van der Waals surface area contributed by atoms with Gasteiger partial charge in [0.1, 0.15) is 5.58 Å². The van der Waals surface area contributed by atoms with E-state index in [0.29, 0.717) is 0 Å². The molecule has 3 heteroatoms. The Hall–Kier alpha value is -6.84. The lowest BCUT2D eigenvalue weighted by Gasteiger charge is -2.26. The molecule has 2 aromatic heterocycles. The van der Waals surface area contributed by atoms with E-state index in [9.17, 15) is 0 Å². The van der Waals surface area contributed by atoms with Crippen LogP contribution in [0.1, 0.15) is 5.56 Å². The Morgan fingerprint density at radius 3 is 1.81 bits per heavy atom. The maximum absolute atomic E-state index is 6.57. The van der Waals surface area contributed by atoms with Crippen molar-refractivity contribution in [2.24, 2.45) is 0 Å². The zero-order valence-electron chi connectivity index (χ0n) is 28.7. The van der Waals surface area contributed by atoms with Gasteiger partial charge in [-0.1, -0.05) is 127 Å². The van der Waals surface area contributed by atoms with Crippen LogP contribution in [0.25, 0.3) is 71.7 Å². The van der Waals surface area contributed by atoms with E-state index < -0.39 is 0 Å². The summed E-state index contributed by atoms with van der Waals surface area (Å²) in [7, 11) is 0. The van der Waals surface area contributed by atoms with E-state index in [4.69, 9.17) is 4.42 Å². The number of furan rings is 1. The van der Waals surface area contributed by atoms with Gasteiger partial charge in [-0.2, -0.15) is 0 Å². The first kappa shape index (κ1) is 30.0. The van der Waals surface area contributed by atoms with E-state index in [1.54, 1.807) is 0 Å². The van der Waals surface area contributed by atoms with Crippen molar-refractivity contribution in [1.82, 2.24) is 4.57 Å². The molecule has 3 nitrogen and oxygen atoms in total.